The Labute approximate surface area is 110 Å². The summed E-state index contributed by atoms with van der Waals surface area (Å²) in [6.45, 7) is 2.93. The number of ether oxygens (including phenoxy) is 1. The van der Waals surface area contributed by atoms with Crippen molar-refractivity contribution in [3.05, 3.63) is 28.3 Å². The van der Waals surface area contributed by atoms with Crippen LogP contribution in [0.4, 0.5) is 8.78 Å². The van der Waals surface area contributed by atoms with Gasteiger partial charge in [0.15, 0.2) is 0 Å². The number of fused-ring (bicyclic) bond motifs is 1. The predicted molar refractivity (Wildman–Crippen MR) is 67.8 cm³/mol. The standard InChI is InChI=1S/C13H16ClF2NO/c1-2-17-11(13(15)16)7-9-6-10(14)5-8-3-4-18-12(8)9/h5-6,11,13,17H,2-4,7H2,1H3. The van der Waals surface area contributed by atoms with E-state index in [9.17, 15) is 8.78 Å². The molecule has 0 aliphatic carbocycles. The summed E-state index contributed by atoms with van der Waals surface area (Å²) >= 11 is 6.01. The molecule has 0 saturated carbocycles. The summed E-state index contributed by atoms with van der Waals surface area (Å²) in [4.78, 5) is 0. The zero-order valence-electron chi connectivity index (χ0n) is 10.2. The van der Waals surface area contributed by atoms with Crippen molar-refractivity contribution in [2.45, 2.75) is 32.2 Å². The van der Waals surface area contributed by atoms with E-state index in [-0.39, 0.29) is 6.42 Å². The summed E-state index contributed by atoms with van der Waals surface area (Å²) in [5, 5.41) is 3.37. The Morgan fingerprint density at radius 1 is 1.44 bits per heavy atom. The van der Waals surface area contributed by atoms with Gasteiger partial charge in [-0.25, -0.2) is 8.78 Å². The lowest BCUT2D eigenvalue weighted by Gasteiger charge is -2.18. The maximum atomic E-state index is 12.9. The van der Waals surface area contributed by atoms with Crippen LogP contribution in [0.2, 0.25) is 5.02 Å². The lowest BCUT2D eigenvalue weighted by molar-refractivity contribution is 0.0988. The molecule has 1 aliphatic heterocycles. The summed E-state index contributed by atoms with van der Waals surface area (Å²) in [5.41, 5.74) is 1.78. The molecule has 1 aromatic rings. The second-order valence-corrected chi connectivity index (χ2v) is 4.79. The lowest BCUT2D eigenvalue weighted by atomic mass is 10.0. The van der Waals surface area contributed by atoms with E-state index in [2.05, 4.69) is 5.32 Å². The van der Waals surface area contributed by atoms with Crippen molar-refractivity contribution >= 4 is 11.6 Å². The molecule has 0 fully saturated rings. The van der Waals surface area contributed by atoms with Gasteiger partial charge in [0.2, 0.25) is 0 Å². The molecule has 0 bridgehead atoms. The van der Waals surface area contributed by atoms with Crippen LogP contribution in [-0.4, -0.2) is 25.6 Å². The Bertz CT molecular complexity index is 426. The molecule has 1 N–H and O–H groups in total. The zero-order chi connectivity index (χ0) is 13.1. The highest BCUT2D eigenvalue weighted by molar-refractivity contribution is 6.30. The Morgan fingerprint density at radius 3 is 2.89 bits per heavy atom. The van der Waals surface area contributed by atoms with E-state index in [1.165, 1.54) is 0 Å². The van der Waals surface area contributed by atoms with Gasteiger partial charge in [0.05, 0.1) is 12.6 Å². The second-order valence-electron chi connectivity index (χ2n) is 4.35. The fourth-order valence-electron chi connectivity index (χ4n) is 2.25. The van der Waals surface area contributed by atoms with Crippen molar-refractivity contribution in [1.29, 1.82) is 0 Å². The van der Waals surface area contributed by atoms with Gasteiger partial charge in [-0.3, -0.25) is 0 Å². The minimum Gasteiger partial charge on any atom is -0.493 e. The van der Waals surface area contributed by atoms with E-state index in [0.717, 1.165) is 23.3 Å². The fraction of sp³-hybridized carbons (Fsp3) is 0.538. The Hall–Kier alpha value is -0.870. The van der Waals surface area contributed by atoms with Crippen LogP contribution >= 0.6 is 11.6 Å². The number of hydrogen-bond acceptors (Lipinski definition) is 2. The first-order valence-electron chi connectivity index (χ1n) is 6.07. The van der Waals surface area contributed by atoms with Gasteiger partial charge in [-0.05, 0) is 36.2 Å². The van der Waals surface area contributed by atoms with E-state index < -0.39 is 12.5 Å². The normalized spacial score (nSPS) is 15.6. The summed E-state index contributed by atoms with van der Waals surface area (Å²) in [6, 6.07) is 2.71. The highest BCUT2D eigenvalue weighted by Crippen LogP contribution is 2.33. The second kappa shape index (κ2) is 5.85. The van der Waals surface area contributed by atoms with Crippen LogP contribution in [0.25, 0.3) is 0 Å². The van der Waals surface area contributed by atoms with Crippen molar-refractivity contribution in [3.8, 4) is 5.75 Å². The third kappa shape index (κ3) is 2.93. The van der Waals surface area contributed by atoms with Crippen molar-refractivity contribution in [3.63, 3.8) is 0 Å². The SMILES string of the molecule is CCNC(Cc1cc(Cl)cc2c1OCC2)C(F)F. The first kappa shape index (κ1) is 13.6. The quantitative estimate of drug-likeness (QED) is 0.892. The summed E-state index contributed by atoms with van der Waals surface area (Å²) in [5.74, 6) is 0.739. The molecule has 0 radical (unpaired) electrons. The summed E-state index contributed by atoms with van der Waals surface area (Å²) in [6.07, 6.45) is -1.38. The largest absolute Gasteiger partial charge is 0.493 e. The van der Waals surface area contributed by atoms with E-state index in [4.69, 9.17) is 16.3 Å². The van der Waals surface area contributed by atoms with Gasteiger partial charge in [0.25, 0.3) is 6.43 Å². The number of halogens is 3. The Morgan fingerprint density at radius 2 is 2.22 bits per heavy atom. The molecule has 5 heteroatoms. The monoisotopic (exact) mass is 275 g/mol. The maximum absolute atomic E-state index is 12.9. The van der Waals surface area contributed by atoms with Gasteiger partial charge >= 0.3 is 0 Å². The lowest BCUT2D eigenvalue weighted by Crippen LogP contribution is -2.37. The van der Waals surface area contributed by atoms with Crippen LogP contribution in [0, 0.1) is 0 Å². The first-order valence-corrected chi connectivity index (χ1v) is 6.45. The third-order valence-electron chi connectivity index (χ3n) is 3.04. The van der Waals surface area contributed by atoms with Gasteiger partial charge < -0.3 is 10.1 Å². The predicted octanol–water partition coefficient (Wildman–Crippen LogP) is 3.06. The van der Waals surface area contributed by atoms with Crippen molar-refractivity contribution < 1.29 is 13.5 Å². The molecule has 1 heterocycles. The molecule has 0 saturated heterocycles. The zero-order valence-corrected chi connectivity index (χ0v) is 10.9. The first-order chi connectivity index (χ1) is 8.61. The van der Waals surface area contributed by atoms with Crippen molar-refractivity contribution in [1.82, 2.24) is 5.32 Å². The fourth-order valence-corrected chi connectivity index (χ4v) is 2.51. The van der Waals surface area contributed by atoms with Crippen LogP contribution in [0.15, 0.2) is 12.1 Å². The molecule has 0 amide bonds. The molecule has 18 heavy (non-hydrogen) atoms. The maximum Gasteiger partial charge on any atom is 0.254 e. The molecular formula is C13H16ClF2NO. The highest BCUT2D eigenvalue weighted by Gasteiger charge is 2.24. The van der Waals surface area contributed by atoms with Gasteiger partial charge in [-0.15, -0.1) is 0 Å². The topological polar surface area (TPSA) is 21.3 Å². The van der Waals surface area contributed by atoms with Crippen LogP contribution in [0.1, 0.15) is 18.1 Å². The molecule has 100 valence electrons. The van der Waals surface area contributed by atoms with E-state index in [1.807, 2.05) is 13.0 Å². The van der Waals surface area contributed by atoms with Crippen LogP contribution in [0.5, 0.6) is 5.75 Å². The van der Waals surface area contributed by atoms with Crippen molar-refractivity contribution in [2.24, 2.45) is 0 Å². The van der Waals surface area contributed by atoms with E-state index in [0.29, 0.717) is 18.2 Å². The Kier molecular flexibility index (Phi) is 4.40. The molecule has 1 unspecified atom stereocenters. The van der Waals surface area contributed by atoms with Gasteiger partial charge in [0.1, 0.15) is 5.75 Å². The molecule has 1 atom stereocenters. The molecule has 2 nitrogen and oxygen atoms in total. The highest BCUT2D eigenvalue weighted by atomic mass is 35.5. The summed E-state index contributed by atoms with van der Waals surface area (Å²) < 4.78 is 31.3. The van der Waals surface area contributed by atoms with E-state index in [1.54, 1.807) is 6.07 Å². The molecule has 0 spiro atoms. The van der Waals surface area contributed by atoms with Gasteiger partial charge in [-0.1, -0.05) is 18.5 Å². The molecular weight excluding hydrogens is 260 g/mol. The van der Waals surface area contributed by atoms with Crippen molar-refractivity contribution in [2.75, 3.05) is 13.2 Å². The smallest absolute Gasteiger partial charge is 0.254 e. The summed E-state index contributed by atoms with van der Waals surface area (Å²) in [7, 11) is 0. The van der Waals surface area contributed by atoms with Gasteiger partial charge in [0, 0.05) is 11.4 Å². The van der Waals surface area contributed by atoms with E-state index >= 15 is 0 Å². The molecule has 0 aromatic heterocycles. The minimum atomic E-state index is -2.40. The Balaban J connectivity index is 2.22. The number of nitrogens with one attached hydrogen (secondary N) is 1. The number of rotatable bonds is 5. The number of likely N-dealkylation sites (N-methyl/N-ethyl adjacent to an activating group) is 1. The molecule has 1 aromatic carbocycles. The van der Waals surface area contributed by atoms with Crippen LogP contribution in [0.3, 0.4) is 0 Å². The average Bonchev–Trinajstić information content (AvgIpc) is 2.76. The average molecular weight is 276 g/mol. The van der Waals surface area contributed by atoms with Crippen LogP contribution < -0.4 is 10.1 Å². The number of alkyl halides is 2. The number of benzene rings is 1. The molecule has 2 rings (SSSR count). The minimum absolute atomic E-state index is 0.231. The van der Waals surface area contributed by atoms with Gasteiger partial charge in [-0.2, -0.15) is 0 Å². The van der Waals surface area contributed by atoms with Crippen LogP contribution in [-0.2, 0) is 12.8 Å². The third-order valence-corrected chi connectivity index (χ3v) is 3.25. The number of hydrogen-bond donors (Lipinski definition) is 1. The molecule has 1 aliphatic rings.